The Morgan fingerprint density at radius 2 is 1.32 bits per heavy atom. The van der Waals surface area contributed by atoms with Gasteiger partial charge in [0, 0.05) is 0 Å². The zero-order valence-corrected chi connectivity index (χ0v) is 21.1. The molecular formula is C30H42O4. The van der Waals surface area contributed by atoms with Crippen molar-refractivity contribution in [2.75, 3.05) is 13.2 Å². The van der Waals surface area contributed by atoms with Gasteiger partial charge in [-0.25, -0.2) is 4.79 Å². The lowest BCUT2D eigenvalue weighted by atomic mass is 10.0. The molecule has 0 aliphatic rings. The van der Waals surface area contributed by atoms with Gasteiger partial charge in [-0.15, -0.1) is 6.58 Å². The van der Waals surface area contributed by atoms with Crippen LogP contribution in [0.5, 0.6) is 17.2 Å². The van der Waals surface area contributed by atoms with Crippen molar-refractivity contribution in [3.05, 3.63) is 66.7 Å². The van der Waals surface area contributed by atoms with Gasteiger partial charge in [0.25, 0.3) is 0 Å². The van der Waals surface area contributed by atoms with Gasteiger partial charge in [-0.1, -0.05) is 58.4 Å². The largest absolute Gasteiger partial charge is 0.494 e. The van der Waals surface area contributed by atoms with Crippen LogP contribution in [0.25, 0.3) is 0 Å². The Labute approximate surface area is 206 Å². The summed E-state index contributed by atoms with van der Waals surface area (Å²) in [6.45, 7) is 9.69. The van der Waals surface area contributed by atoms with E-state index < -0.39 is 0 Å². The highest BCUT2D eigenvalue weighted by Gasteiger charge is 2.09. The second-order valence-electron chi connectivity index (χ2n) is 8.94. The van der Waals surface area contributed by atoms with E-state index in [0.717, 1.165) is 43.1 Å². The highest BCUT2D eigenvalue weighted by Crippen LogP contribution is 2.20. The quantitative estimate of drug-likeness (QED) is 0.0957. The van der Waals surface area contributed by atoms with E-state index >= 15 is 0 Å². The first-order valence-corrected chi connectivity index (χ1v) is 12.9. The van der Waals surface area contributed by atoms with E-state index in [2.05, 4.69) is 20.4 Å². The molecule has 186 valence electrons. The predicted octanol–water partition coefficient (Wildman–Crippen LogP) is 8.41. The lowest BCUT2D eigenvalue weighted by molar-refractivity contribution is 0.0734. The van der Waals surface area contributed by atoms with Crippen molar-refractivity contribution in [1.82, 2.24) is 0 Å². The minimum absolute atomic E-state index is 0.384. The minimum atomic E-state index is -0.384. The van der Waals surface area contributed by atoms with Crippen LogP contribution in [-0.4, -0.2) is 19.2 Å². The predicted molar refractivity (Wildman–Crippen MR) is 140 cm³/mol. The summed E-state index contributed by atoms with van der Waals surface area (Å²) >= 11 is 0. The number of esters is 1. The molecule has 1 atom stereocenters. The van der Waals surface area contributed by atoms with E-state index in [-0.39, 0.29) is 5.97 Å². The summed E-state index contributed by atoms with van der Waals surface area (Å²) in [6.07, 6.45) is 13.7. The van der Waals surface area contributed by atoms with Gasteiger partial charge in [0.15, 0.2) is 0 Å². The van der Waals surface area contributed by atoms with Crippen LogP contribution in [0.3, 0.4) is 0 Å². The van der Waals surface area contributed by atoms with E-state index in [4.69, 9.17) is 14.2 Å². The van der Waals surface area contributed by atoms with E-state index in [1.807, 2.05) is 30.3 Å². The van der Waals surface area contributed by atoms with Crippen molar-refractivity contribution < 1.29 is 19.0 Å². The molecule has 4 heteroatoms. The Hall–Kier alpha value is -2.75. The van der Waals surface area contributed by atoms with Crippen LogP contribution in [0.4, 0.5) is 0 Å². The number of hydrogen-bond acceptors (Lipinski definition) is 4. The van der Waals surface area contributed by atoms with Gasteiger partial charge in [-0.05, 0) is 80.1 Å². The van der Waals surface area contributed by atoms with Crippen LogP contribution >= 0.6 is 0 Å². The maximum Gasteiger partial charge on any atom is 0.343 e. The van der Waals surface area contributed by atoms with Gasteiger partial charge in [0.1, 0.15) is 17.2 Å². The SMILES string of the molecule is C=CCCCCCCOc1ccc(OC(=O)c2ccc(OCCCCCC(C)CC)cc2)cc1. The maximum atomic E-state index is 12.4. The normalized spacial score (nSPS) is 11.6. The van der Waals surface area contributed by atoms with Crippen molar-refractivity contribution in [3.8, 4) is 17.2 Å². The van der Waals surface area contributed by atoms with Gasteiger partial charge < -0.3 is 14.2 Å². The topological polar surface area (TPSA) is 44.8 Å². The molecule has 2 aromatic carbocycles. The Balaban J connectivity index is 1.65. The monoisotopic (exact) mass is 466 g/mol. The molecule has 0 aliphatic heterocycles. The first kappa shape index (κ1) is 27.5. The van der Waals surface area contributed by atoms with Crippen LogP contribution in [0.2, 0.25) is 0 Å². The molecule has 0 N–H and O–H groups in total. The smallest absolute Gasteiger partial charge is 0.343 e. The number of ether oxygens (including phenoxy) is 3. The number of carbonyl (C=O) groups excluding carboxylic acids is 1. The van der Waals surface area contributed by atoms with Crippen molar-refractivity contribution in [1.29, 1.82) is 0 Å². The lowest BCUT2D eigenvalue weighted by Crippen LogP contribution is -2.08. The molecule has 0 spiro atoms. The molecule has 4 nitrogen and oxygen atoms in total. The van der Waals surface area contributed by atoms with Gasteiger partial charge in [0.2, 0.25) is 0 Å². The van der Waals surface area contributed by atoms with Gasteiger partial charge >= 0.3 is 5.97 Å². The number of carbonyl (C=O) groups is 1. The standard InChI is InChI=1S/C30H42O4/c1-4-6-7-8-9-12-23-33-28-19-21-29(22-20-28)34-30(31)26-15-17-27(18-16-26)32-24-13-10-11-14-25(3)5-2/h4,15-22,25H,1,5-14,23-24H2,2-3H3. The Morgan fingerprint density at radius 1 is 0.794 bits per heavy atom. The molecule has 0 heterocycles. The average molecular weight is 467 g/mol. The van der Waals surface area contributed by atoms with Crippen LogP contribution in [0, 0.1) is 5.92 Å². The van der Waals surface area contributed by atoms with E-state index in [1.165, 1.54) is 38.5 Å². The summed E-state index contributed by atoms with van der Waals surface area (Å²) < 4.78 is 17.1. The first-order valence-electron chi connectivity index (χ1n) is 12.9. The number of allylic oxidation sites excluding steroid dienone is 1. The molecular weight excluding hydrogens is 424 g/mol. The summed E-state index contributed by atoms with van der Waals surface area (Å²) in [7, 11) is 0. The van der Waals surface area contributed by atoms with Crippen molar-refractivity contribution in [3.63, 3.8) is 0 Å². The fourth-order valence-corrected chi connectivity index (χ4v) is 3.56. The zero-order valence-electron chi connectivity index (χ0n) is 21.1. The number of hydrogen-bond donors (Lipinski definition) is 0. The van der Waals surface area contributed by atoms with Crippen LogP contribution in [0.1, 0.15) is 88.4 Å². The summed E-state index contributed by atoms with van der Waals surface area (Å²) in [5.74, 6) is 2.49. The first-order chi connectivity index (χ1) is 16.6. The lowest BCUT2D eigenvalue weighted by Gasteiger charge is -2.10. The molecule has 2 aromatic rings. The third-order valence-electron chi connectivity index (χ3n) is 6.00. The van der Waals surface area contributed by atoms with Crippen LogP contribution in [0.15, 0.2) is 61.2 Å². The van der Waals surface area contributed by atoms with Gasteiger partial charge in [0.05, 0.1) is 18.8 Å². The molecule has 0 saturated heterocycles. The summed E-state index contributed by atoms with van der Waals surface area (Å²) in [4.78, 5) is 12.4. The summed E-state index contributed by atoms with van der Waals surface area (Å²) in [6, 6.07) is 14.3. The molecule has 0 aromatic heterocycles. The van der Waals surface area contributed by atoms with Crippen molar-refractivity contribution in [2.24, 2.45) is 5.92 Å². The molecule has 0 fully saturated rings. The Morgan fingerprint density at radius 3 is 1.91 bits per heavy atom. The number of benzene rings is 2. The zero-order chi connectivity index (χ0) is 24.4. The third-order valence-corrected chi connectivity index (χ3v) is 6.00. The van der Waals surface area contributed by atoms with E-state index in [0.29, 0.717) is 24.5 Å². The molecule has 0 aliphatic carbocycles. The summed E-state index contributed by atoms with van der Waals surface area (Å²) in [5.41, 5.74) is 0.498. The van der Waals surface area contributed by atoms with E-state index in [1.54, 1.807) is 24.3 Å². The fourth-order valence-electron chi connectivity index (χ4n) is 3.56. The summed E-state index contributed by atoms with van der Waals surface area (Å²) in [5, 5.41) is 0. The highest BCUT2D eigenvalue weighted by molar-refractivity contribution is 5.91. The molecule has 0 radical (unpaired) electrons. The second kappa shape index (κ2) is 16.8. The minimum Gasteiger partial charge on any atom is -0.494 e. The van der Waals surface area contributed by atoms with E-state index in [9.17, 15) is 4.79 Å². The van der Waals surface area contributed by atoms with Gasteiger partial charge in [-0.3, -0.25) is 0 Å². The highest BCUT2D eigenvalue weighted by atomic mass is 16.5. The Kier molecular flexibility index (Phi) is 13.6. The van der Waals surface area contributed by atoms with Crippen LogP contribution < -0.4 is 14.2 Å². The average Bonchev–Trinajstić information content (AvgIpc) is 2.86. The fraction of sp³-hybridized carbons (Fsp3) is 0.500. The number of unbranched alkanes of at least 4 members (excludes halogenated alkanes) is 6. The van der Waals surface area contributed by atoms with Crippen LogP contribution in [-0.2, 0) is 0 Å². The molecule has 0 bridgehead atoms. The molecule has 34 heavy (non-hydrogen) atoms. The van der Waals surface area contributed by atoms with Crippen molar-refractivity contribution in [2.45, 2.75) is 78.1 Å². The maximum absolute atomic E-state index is 12.4. The second-order valence-corrected chi connectivity index (χ2v) is 8.94. The van der Waals surface area contributed by atoms with Gasteiger partial charge in [-0.2, -0.15) is 0 Å². The number of rotatable bonds is 18. The third kappa shape index (κ3) is 11.4. The Bertz CT molecular complexity index is 811. The molecule has 0 saturated carbocycles. The van der Waals surface area contributed by atoms with Crippen molar-refractivity contribution >= 4 is 5.97 Å². The molecule has 1 unspecified atom stereocenters. The molecule has 2 rings (SSSR count). The molecule has 0 amide bonds.